The van der Waals surface area contributed by atoms with E-state index in [1.54, 1.807) is 0 Å². The average molecular weight is 297 g/mol. The summed E-state index contributed by atoms with van der Waals surface area (Å²) in [5.41, 5.74) is 7.26. The van der Waals surface area contributed by atoms with Crippen molar-refractivity contribution in [3.63, 3.8) is 0 Å². The topological polar surface area (TPSA) is 29.3 Å². The average Bonchev–Trinajstić information content (AvgIpc) is 2.34. The molecule has 2 N–H and O–H groups in total. The molecule has 2 atom stereocenters. The number of nitrogens with zero attached hydrogens (tertiary/aromatic N) is 1. The Hall–Kier alpha value is -0.380. The van der Waals surface area contributed by atoms with Crippen LogP contribution in [0.2, 0.25) is 0 Å². The first-order valence-corrected chi connectivity index (χ1v) is 7.20. The standard InChI is InChI=1S/C14H21BrN2/c1-11-3-2-4-14(9-16)17(11)10-12-5-7-13(15)8-6-12/h5-8,11,14H,2-4,9-10,16H2,1H3. The second-order valence-corrected chi connectivity index (χ2v) is 5.88. The smallest absolute Gasteiger partial charge is 0.0240 e. The largest absolute Gasteiger partial charge is 0.329 e. The van der Waals surface area contributed by atoms with Crippen LogP contribution in [-0.4, -0.2) is 23.5 Å². The fourth-order valence-corrected chi connectivity index (χ4v) is 2.94. The summed E-state index contributed by atoms with van der Waals surface area (Å²) in [6.07, 6.45) is 3.87. The monoisotopic (exact) mass is 296 g/mol. The molecular weight excluding hydrogens is 276 g/mol. The molecule has 1 heterocycles. The van der Waals surface area contributed by atoms with E-state index >= 15 is 0 Å². The summed E-state index contributed by atoms with van der Waals surface area (Å²) in [7, 11) is 0. The third-order valence-electron chi connectivity index (χ3n) is 3.74. The summed E-state index contributed by atoms with van der Waals surface area (Å²) in [5, 5.41) is 0. The minimum Gasteiger partial charge on any atom is -0.329 e. The Morgan fingerprint density at radius 1 is 1.29 bits per heavy atom. The number of hydrogen-bond acceptors (Lipinski definition) is 2. The highest BCUT2D eigenvalue weighted by Crippen LogP contribution is 2.24. The van der Waals surface area contributed by atoms with E-state index in [0.29, 0.717) is 12.1 Å². The van der Waals surface area contributed by atoms with Crippen molar-refractivity contribution < 1.29 is 0 Å². The van der Waals surface area contributed by atoms with Gasteiger partial charge in [-0.2, -0.15) is 0 Å². The van der Waals surface area contributed by atoms with Gasteiger partial charge in [0.05, 0.1) is 0 Å². The predicted molar refractivity (Wildman–Crippen MR) is 75.8 cm³/mol. The minimum absolute atomic E-state index is 0.558. The summed E-state index contributed by atoms with van der Waals surface area (Å²) in [4.78, 5) is 2.56. The molecular formula is C14H21BrN2. The number of hydrogen-bond donors (Lipinski definition) is 1. The Morgan fingerprint density at radius 2 is 2.00 bits per heavy atom. The van der Waals surface area contributed by atoms with E-state index in [-0.39, 0.29) is 0 Å². The number of nitrogens with two attached hydrogens (primary N) is 1. The molecule has 1 aliphatic heterocycles. The fraction of sp³-hybridized carbons (Fsp3) is 0.571. The van der Waals surface area contributed by atoms with E-state index in [4.69, 9.17) is 5.73 Å². The van der Waals surface area contributed by atoms with E-state index in [9.17, 15) is 0 Å². The molecule has 1 saturated heterocycles. The SMILES string of the molecule is CC1CCCC(CN)N1Cc1ccc(Br)cc1. The molecule has 2 unspecified atom stereocenters. The maximum absolute atomic E-state index is 5.88. The van der Waals surface area contributed by atoms with Crippen molar-refractivity contribution in [3.8, 4) is 0 Å². The van der Waals surface area contributed by atoms with Crippen molar-refractivity contribution in [1.82, 2.24) is 4.90 Å². The van der Waals surface area contributed by atoms with Crippen molar-refractivity contribution in [2.45, 2.75) is 44.8 Å². The molecule has 1 fully saturated rings. The minimum atomic E-state index is 0.558. The van der Waals surface area contributed by atoms with E-state index in [2.05, 4.69) is 52.0 Å². The molecule has 0 amide bonds. The quantitative estimate of drug-likeness (QED) is 0.928. The molecule has 0 aromatic heterocycles. The second kappa shape index (κ2) is 5.98. The van der Waals surface area contributed by atoms with Gasteiger partial charge in [-0.05, 0) is 37.5 Å². The molecule has 0 radical (unpaired) electrons. The van der Waals surface area contributed by atoms with Gasteiger partial charge in [-0.3, -0.25) is 4.90 Å². The first-order chi connectivity index (χ1) is 8.20. The number of benzene rings is 1. The number of likely N-dealkylation sites (tertiary alicyclic amines) is 1. The summed E-state index contributed by atoms with van der Waals surface area (Å²) in [6, 6.07) is 9.82. The van der Waals surface area contributed by atoms with Gasteiger partial charge >= 0.3 is 0 Å². The Labute approximate surface area is 112 Å². The van der Waals surface area contributed by atoms with Gasteiger partial charge in [0.25, 0.3) is 0 Å². The van der Waals surface area contributed by atoms with Crippen LogP contribution >= 0.6 is 15.9 Å². The molecule has 0 spiro atoms. The van der Waals surface area contributed by atoms with Crippen molar-refractivity contribution in [2.75, 3.05) is 6.54 Å². The number of rotatable bonds is 3. The van der Waals surface area contributed by atoms with Gasteiger partial charge in [0.15, 0.2) is 0 Å². The Morgan fingerprint density at radius 3 is 2.65 bits per heavy atom. The van der Waals surface area contributed by atoms with Gasteiger partial charge in [-0.1, -0.05) is 34.5 Å². The van der Waals surface area contributed by atoms with Gasteiger partial charge in [0.2, 0.25) is 0 Å². The fourth-order valence-electron chi connectivity index (χ4n) is 2.68. The highest BCUT2D eigenvalue weighted by Gasteiger charge is 2.26. The summed E-state index contributed by atoms with van der Waals surface area (Å²) in [6.45, 7) is 4.12. The van der Waals surface area contributed by atoms with Crippen LogP contribution in [0.25, 0.3) is 0 Å². The molecule has 0 bridgehead atoms. The van der Waals surface area contributed by atoms with Gasteiger partial charge in [0.1, 0.15) is 0 Å². The maximum atomic E-state index is 5.88. The van der Waals surface area contributed by atoms with Crippen LogP contribution in [0.1, 0.15) is 31.7 Å². The molecule has 1 aliphatic rings. The molecule has 17 heavy (non-hydrogen) atoms. The van der Waals surface area contributed by atoms with E-state index in [1.165, 1.54) is 24.8 Å². The van der Waals surface area contributed by atoms with Crippen LogP contribution in [0.5, 0.6) is 0 Å². The highest BCUT2D eigenvalue weighted by atomic mass is 79.9. The lowest BCUT2D eigenvalue weighted by Gasteiger charge is -2.40. The zero-order valence-corrected chi connectivity index (χ0v) is 12.0. The van der Waals surface area contributed by atoms with Crippen molar-refractivity contribution in [1.29, 1.82) is 0 Å². The summed E-state index contributed by atoms with van der Waals surface area (Å²) < 4.78 is 1.14. The molecule has 94 valence electrons. The van der Waals surface area contributed by atoms with Crippen LogP contribution < -0.4 is 5.73 Å². The molecule has 2 nitrogen and oxygen atoms in total. The van der Waals surface area contributed by atoms with E-state index in [1.807, 2.05) is 0 Å². The van der Waals surface area contributed by atoms with Gasteiger partial charge < -0.3 is 5.73 Å². The van der Waals surface area contributed by atoms with Crippen LogP contribution in [0.4, 0.5) is 0 Å². The van der Waals surface area contributed by atoms with Crippen LogP contribution in [-0.2, 0) is 6.54 Å². The van der Waals surface area contributed by atoms with Crippen molar-refractivity contribution in [2.24, 2.45) is 5.73 Å². The zero-order chi connectivity index (χ0) is 12.3. The van der Waals surface area contributed by atoms with Gasteiger partial charge in [-0.25, -0.2) is 0 Å². The molecule has 1 aromatic rings. The number of halogens is 1. The molecule has 0 aliphatic carbocycles. The highest BCUT2D eigenvalue weighted by molar-refractivity contribution is 9.10. The van der Waals surface area contributed by atoms with Crippen LogP contribution in [0.3, 0.4) is 0 Å². The molecule has 1 aromatic carbocycles. The third-order valence-corrected chi connectivity index (χ3v) is 4.27. The Kier molecular flexibility index (Phi) is 4.60. The molecule has 2 rings (SSSR count). The second-order valence-electron chi connectivity index (χ2n) is 4.97. The third kappa shape index (κ3) is 3.30. The Balaban J connectivity index is 2.06. The maximum Gasteiger partial charge on any atom is 0.0240 e. The summed E-state index contributed by atoms with van der Waals surface area (Å²) >= 11 is 3.47. The lowest BCUT2D eigenvalue weighted by molar-refractivity contribution is 0.0892. The first kappa shape index (κ1) is 13.1. The zero-order valence-electron chi connectivity index (χ0n) is 10.4. The van der Waals surface area contributed by atoms with Gasteiger partial charge in [-0.15, -0.1) is 0 Å². The predicted octanol–water partition coefficient (Wildman–Crippen LogP) is 3.15. The first-order valence-electron chi connectivity index (χ1n) is 6.41. The lowest BCUT2D eigenvalue weighted by atomic mass is 9.95. The molecule has 0 saturated carbocycles. The molecule has 3 heteroatoms. The van der Waals surface area contributed by atoms with E-state index in [0.717, 1.165) is 17.6 Å². The normalized spacial score (nSPS) is 26.1. The van der Waals surface area contributed by atoms with Crippen molar-refractivity contribution in [3.05, 3.63) is 34.3 Å². The van der Waals surface area contributed by atoms with Crippen LogP contribution in [0.15, 0.2) is 28.7 Å². The number of piperidine rings is 1. The van der Waals surface area contributed by atoms with Crippen molar-refractivity contribution >= 4 is 15.9 Å². The van der Waals surface area contributed by atoms with Crippen LogP contribution in [0, 0.1) is 0 Å². The van der Waals surface area contributed by atoms with E-state index < -0.39 is 0 Å². The lowest BCUT2D eigenvalue weighted by Crippen LogP contribution is -2.48. The van der Waals surface area contributed by atoms with Gasteiger partial charge in [0, 0.05) is 29.6 Å². The Bertz CT molecular complexity index is 350. The summed E-state index contributed by atoms with van der Waals surface area (Å²) in [5.74, 6) is 0.